The van der Waals surface area contributed by atoms with E-state index >= 15 is 0 Å². The van der Waals surface area contributed by atoms with E-state index in [0.29, 0.717) is 10.4 Å². The van der Waals surface area contributed by atoms with Gasteiger partial charge in [0.05, 0.1) is 15.2 Å². The van der Waals surface area contributed by atoms with Crippen molar-refractivity contribution in [3.05, 3.63) is 56.2 Å². The molecule has 1 aliphatic heterocycles. The number of rotatable bonds is 4. The zero-order valence-corrected chi connectivity index (χ0v) is 15.5. The van der Waals surface area contributed by atoms with E-state index in [-0.39, 0.29) is 12.3 Å². The summed E-state index contributed by atoms with van der Waals surface area (Å²) in [6.07, 6.45) is 0. The molecule has 3 rings (SSSR count). The SMILES string of the molecule is Cc1ccc([C@]2(C)NC(=O)N(CC(=O)c3ccc(Br)s3)C2=O)cc1. The minimum atomic E-state index is -1.15. The molecule has 2 heterocycles. The summed E-state index contributed by atoms with van der Waals surface area (Å²) in [5.74, 6) is -0.678. The largest absolute Gasteiger partial charge is 0.325 e. The van der Waals surface area contributed by atoms with Gasteiger partial charge in [-0.1, -0.05) is 29.8 Å². The van der Waals surface area contributed by atoms with Crippen molar-refractivity contribution in [1.82, 2.24) is 10.2 Å². The zero-order valence-electron chi connectivity index (χ0n) is 13.1. The summed E-state index contributed by atoms with van der Waals surface area (Å²) in [6, 6.07) is 10.3. The van der Waals surface area contributed by atoms with Crippen molar-refractivity contribution in [3.63, 3.8) is 0 Å². The van der Waals surface area contributed by atoms with E-state index in [1.807, 2.05) is 31.2 Å². The summed E-state index contributed by atoms with van der Waals surface area (Å²) in [4.78, 5) is 38.8. The Morgan fingerprint density at radius 3 is 2.46 bits per heavy atom. The van der Waals surface area contributed by atoms with Gasteiger partial charge in [-0.25, -0.2) is 4.79 Å². The normalized spacial score (nSPS) is 20.4. The summed E-state index contributed by atoms with van der Waals surface area (Å²) >= 11 is 4.57. The van der Waals surface area contributed by atoms with Gasteiger partial charge in [0, 0.05) is 0 Å². The van der Waals surface area contributed by atoms with E-state index in [9.17, 15) is 14.4 Å². The highest BCUT2D eigenvalue weighted by Gasteiger charge is 2.49. The number of amides is 3. The highest BCUT2D eigenvalue weighted by molar-refractivity contribution is 9.11. The smallest absolute Gasteiger partial charge is 0.319 e. The lowest BCUT2D eigenvalue weighted by Gasteiger charge is -2.22. The molecule has 0 aliphatic carbocycles. The number of nitrogens with zero attached hydrogens (tertiary/aromatic N) is 1. The molecule has 24 heavy (non-hydrogen) atoms. The second kappa shape index (κ2) is 6.14. The number of benzene rings is 1. The van der Waals surface area contributed by atoms with Crippen molar-refractivity contribution < 1.29 is 14.4 Å². The van der Waals surface area contributed by atoms with Crippen molar-refractivity contribution in [3.8, 4) is 0 Å². The van der Waals surface area contributed by atoms with Crippen LogP contribution in [0, 0.1) is 6.92 Å². The topological polar surface area (TPSA) is 66.5 Å². The lowest BCUT2D eigenvalue weighted by atomic mass is 9.91. The first-order valence-electron chi connectivity index (χ1n) is 7.31. The first-order chi connectivity index (χ1) is 11.3. The molecule has 1 N–H and O–H groups in total. The van der Waals surface area contributed by atoms with Gasteiger partial charge in [0.15, 0.2) is 5.78 Å². The Hall–Kier alpha value is -1.99. The van der Waals surface area contributed by atoms with Crippen LogP contribution in [-0.4, -0.2) is 29.2 Å². The Balaban J connectivity index is 1.83. The average Bonchev–Trinajstić information content (AvgIpc) is 3.06. The molecule has 0 unspecified atom stereocenters. The summed E-state index contributed by atoms with van der Waals surface area (Å²) in [7, 11) is 0. The molecule has 0 radical (unpaired) electrons. The molecular weight excluding hydrogens is 392 g/mol. The number of hydrogen-bond acceptors (Lipinski definition) is 4. The van der Waals surface area contributed by atoms with E-state index in [2.05, 4.69) is 21.2 Å². The molecule has 1 saturated heterocycles. The molecule has 5 nitrogen and oxygen atoms in total. The minimum absolute atomic E-state index is 0.262. The molecule has 7 heteroatoms. The maximum Gasteiger partial charge on any atom is 0.325 e. The fourth-order valence-electron chi connectivity index (χ4n) is 2.61. The van der Waals surface area contributed by atoms with Crippen LogP contribution in [0.3, 0.4) is 0 Å². The lowest BCUT2D eigenvalue weighted by Crippen LogP contribution is -2.41. The number of thiophene rings is 1. The summed E-state index contributed by atoms with van der Waals surface area (Å²) in [5, 5.41) is 2.71. The van der Waals surface area contributed by atoms with Crippen LogP contribution in [0.1, 0.15) is 27.7 Å². The highest BCUT2D eigenvalue weighted by Crippen LogP contribution is 2.30. The van der Waals surface area contributed by atoms with E-state index in [1.165, 1.54) is 11.3 Å². The molecular formula is C17H15BrN2O3S. The van der Waals surface area contributed by atoms with Crippen LogP contribution in [0.15, 0.2) is 40.2 Å². The fraction of sp³-hybridized carbons (Fsp3) is 0.235. The Kier molecular flexibility index (Phi) is 4.31. The van der Waals surface area contributed by atoms with Crippen molar-refractivity contribution in [1.29, 1.82) is 0 Å². The van der Waals surface area contributed by atoms with Gasteiger partial charge in [-0.05, 0) is 47.5 Å². The third-order valence-corrected chi connectivity index (χ3v) is 5.72. The van der Waals surface area contributed by atoms with Crippen LogP contribution in [-0.2, 0) is 10.3 Å². The fourth-order valence-corrected chi connectivity index (χ4v) is 3.92. The van der Waals surface area contributed by atoms with Gasteiger partial charge < -0.3 is 5.32 Å². The molecule has 124 valence electrons. The zero-order chi connectivity index (χ0) is 17.5. The van der Waals surface area contributed by atoms with Crippen LogP contribution in [0.4, 0.5) is 4.79 Å². The number of carbonyl (C=O) groups is 3. The molecule has 0 bridgehead atoms. The molecule has 1 aliphatic rings. The van der Waals surface area contributed by atoms with Crippen LogP contribution >= 0.6 is 27.3 Å². The molecule has 2 aromatic rings. The third kappa shape index (κ3) is 2.89. The second-order valence-electron chi connectivity index (χ2n) is 5.84. The number of imide groups is 1. The van der Waals surface area contributed by atoms with Crippen LogP contribution in [0.2, 0.25) is 0 Å². The number of carbonyl (C=O) groups excluding carboxylic acids is 3. The molecule has 0 saturated carbocycles. The maximum atomic E-state index is 12.8. The van der Waals surface area contributed by atoms with E-state index in [0.717, 1.165) is 14.2 Å². The number of ketones is 1. The van der Waals surface area contributed by atoms with Gasteiger partial charge in [0.2, 0.25) is 0 Å². The van der Waals surface area contributed by atoms with Crippen molar-refractivity contribution >= 4 is 45.0 Å². The van der Waals surface area contributed by atoms with Gasteiger partial charge >= 0.3 is 6.03 Å². The summed E-state index contributed by atoms with van der Waals surface area (Å²) in [6.45, 7) is 3.34. The number of halogens is 1. The first-order valence-corrected chi connectivity index (χ1v) is 8.92. The highest BCUT2D eigenvalue weighted by atomic mass is 79.9. The van der Waals surface area contributed by atoms with Crippen LogP contribution in [0.5, 0.6) is 0 Å². The lowest BCUT2D eigenvalue weighted by molar-refractivity contribution is -0.130. The Labute approximate surface area is 151 Å². The predicted molar refractivity (Wildman–Crippen MR) is 95.1 cm³/mol. The quantitative estimate of drug-likeness (QED) is 0.624. The van der Waals surface area contributed by atoms with Crippen LogP contribution < -0.4 is 5.32 Å². The van der Waals surface area contributed by atoms with Crippen molar-refractivity contribution in [2.75, 3.05) is 6.54 Å². The van der Waals surface area contributed by atoms with Gasteiger partial charge in [0.25, 0.3) is 5.91 Å². The van der Waals surface area contributed by atoms with Gasteiger partial charge in [-0.15, -0.1) is 11.3 Å². The Bertz CT molecular complexity index is 831. The van der Waals surface area contributed by atoms with Crippen molar-refractivity contribution in [2.45, 2.75) is 19.4 Å². The van der Waals surface area contributed by atoms with Gasteiger partial charge in [-0.2, -0.15) is 0 Å². The molecule has 1 fully saturated rings. The first kappa shape index (κ1) is 16.9. The molecule has 3 amide bonds. The monoisotopic (exact) mass is 406 g/mol. The number of nitrogens with one attached hydrogen (secondary N) is 1. The maximum absolute atomic E-state index is 12.8. The standard InChI is InChI=1S/C17H15BrN2O3S/c1-10-3-5-11(6-4-10)17(2)15(22)20(16(23)19-17)9-12(21)13-7-8-14(18)24-13/h3-8H,9H2,1-2H3,(H,19,23)/t17-/m0/s1. The predicted octanol–water partition coefficient (Wildman–Crippen LogP) is 3.47. The van der Waals surface area contributed by atoms with Crippen molar-refractivity contribution in [2.24, 2.45) is 0 Å². The number of Topliss-reactive ketones (excluding diaryl/α,β-unsaturated/α-hetero) is 1. The minimum Gasteiger partial charge on any atom is -0.319 e. The van der Waals surface area contributed by atoms with Gasteiger partial charge in [0.1, 0.15) is 5.54 Å². The molecule has 1 aromatic heterocycles. The third-order valence-electron chi connectivity index (χ3n) is 4.05. The second-order valence-corrected chi connectivity index (χ2v) is 8.30. The molecule has 0 spiro atoms. The summed E-state index contributed by atoms with van der Waals surface area (Å²) in [5.41, 5.74) is 0.607. The number of urea groups is 1. The molecule has 1 aromatic carbocycles. The van der Waals surface area contributed by atoms with E-state index < -0.39 is 17.5 Å². The summed E-state index contributed by atoms with van der Waals surface area (Å²) < 4.78 is 0.826. The van der Waals surface area contributed by atoms with E-state index in [4.69, 9.17) is 0 Å². The number of aryl methyl sites for hydroxylation is 1. The van der Waals surface area contributed by atoms with E-state index in [1.54, 1.807) is 19.1 Å². The average molecular weight is 407 g/mol. The van der Waals surface area contributed by atoms with Gasteiger partial charge in [-0.3, -0.25) is 14.5 Å². The van der Waals surface area contributed by atoms with Crippen LogP contribution in [0.25, 0.3) is 0 Å². The molecule has 1 atom stereocenters. The Morgan fingerprint density at radius 2 is 1.88 bits per heavy atom. The Morgan fingerprint density at radius 1 is 1.21 bits per heavy atom. The number of hydrogen-bond donors (Lipinski definition) is 1.